The van der Waals surface area contributed by atoms with E-state index in [-0.39, 0.29) is 11.2 Å². The molecule has 2 aromatic heterocycles. The third-order valence-corrected chi connectivity index (χ3v) is 5.75. The number of fused-ring (bicyclic) bond motifs is 1. The lowest BCUT2D eigenvalue weighted by molar-refractivity contribution is -0.115. The fourth-order valence-electron chi connectivity index (χ4n) is 4.10. The van der Waals surface area contributed by atoms with Crippen molar-refractivity contribution in [3.63, 3.8) is 0 Å². The molecule has 1 N–H and O–H groups in total. The second kappa shape index (κ2) is 7.38. The van der Waals surface area contributed by atoms with E-state index in [0.717, 1.165) is 43.5 Å². The van der Waals surface area contributed by atoms with Crippen LogP contribution in [0.5, 0.6) is 0 Å². The van der Waals surface area contributed by atoms with Crippen molar-refractivity contribution in [3.05, 3.63) is 41.3 Å². The van der Waals surface area contributed by atoms with E-state index < -0.39 is 5.82 Å². The van der Waals surface area contributed by atoms with Crippen LogP contribution in [0.4, 0.5) is 15.9 Å². The van der Waals surface area contributed by atoms with Crippen LogP contribution in [0.15, 0.2) is 24.5 Å². The third-order valence-electron chi connectivity index (χ3n) is 5.57. The summed E-state index contributed by atoms with van der Waals surface area (Å²) < 4.78 is 13.9. The first-order valence-electron chi connectivity index (χ1n) is 9.23. The number of halogens is 2. The highest BCUT2D eigenvalue weighted by molar-refractivity contribution is 6.28. The van der Waals surface area contributed by atoms with Crippen molar-refractivity contribution in [1.82, 2.24) is 15.0 Å². The molecule has 1 aliphatic carbocycles. The van der Waals surface area contributed by atoms with Crippen LogP contribution in [0.3, 0.4) is 0 Å². The van der Waals surface area contributed by atoms with E-state index in [1.807, 2.05) is 24.0 Å². The van der Waals surface area contributed by atoms with Gasteiger partial charge in [-0.15, -0.1) is 0 Å². The van der Waals surface area contributed by atoms with Crippen molar-refractivity contribution < 1.29 is 9.18 Å². The van der Waals surface area contributed by atoms with Gasteiger partial charge < -0.3 is 10.2 Å². The van der Waals surface area contributed by atoms with Crippen LogP contribution in [-0.4, -0.2) is 33.9 Å². The molecule has 1 aliphatic heterocycles. The molecule has 27 heavy (non-hydrogen) atoms. The van der Waals surface area contributed by atoms with Crippen molar-refractivity contribution in [2.75, 3.05) is 23.3 Å². The second-order valence-electron chi connectivity index (χ2n) is 7.15. The van der Waals surface area contributed by atoms with E-state index in [9.17, 15) is 9.18 Å². The number of rotatable bonds is 6. The number of pyridine rings is 1. The number of amides is 1. The summed E-state index contributed by atoms with van der Waals surface area (Å²) in [5.74, 6) is 1.58. The first-order valence-corrected chi connectivity index (χ1v) is 9.61. The Morgan fingerprint density at radius 1 is 1.37 bits per heavy atom. The topological polar surface area (TPSA) is 71.0 Å². The number of nitrogens with one attached hydrogen (secondary N) is 1. The number of piperidine rings is 1. The summed E-state index contributed by atoms with van der Waals surface area (Å²) in [5.41, 5.74) is 1.73. The molecule has 1 saturated heterocycles. The van der Waals surface area contributed by atoms with Gasteiger partial charge in [-0.3, -0.25) is 9.78 Å². The molecular formula is C19H21ClFN5O. The molecule has 3 heterocycles. The quantitative estimate of drug-likeness (QED) is 0.767. The van der Waals surface area contributed by atoms with E-state index >= 15 is 0 Å². The maximum absolute atomic E-state index is 13.9. The van der Waals surface area contributed by atoms with Crippen molar-refractivity contribution >= 4 is 29.0 Å². The van der Waals surface area contributed by atoms with E-state index in [1.54, 1.807) is 6.20 Å². The summed E-state index contributed by atoms with van der Waals surface area (Å²) >= 11 is 5.80. The molecule has 6 nitrogen and oxygen atoms in total. The second-order valence-corrected chi connectivity index (χ2v) is 7.48. The Balaban J connectivity index is 1.33. The standard InChI is InChI=1S/C19H21ClFN5O/c1-2-17(27)24-16-4-3-7-22-15(16)6-5-11-12-9-26(10-13(11)12)18-14(21)8-23-19(20)25-18/h3-4,7-8,11-13H,2,5-6,9-10H2,1H3,(H,24,27). The minimum Gasteiger partial charge on any atom is -0.353 e. The fraction of sp³-hybridized carbons (Fsp3) is 0.474. The largest absolute Gasteiger partial charge is 0.353 e. The number of anilines is 2. The molecule has 2 atom stereocenters. The number of hydrogen-bond acceptors (Lipinski definition) is 5. The van der Waals surface area contributed by atoms with Crippen LogP contribution in [-0.2, 0) is 11.2 Å². The van der Waals surface area contributed by atoms with E-state index in [2.05, 4.69) is 20.3 Å². The highest BCUT2D eigenvalue weighted by Crippen LogP contribution is 2.54. The molecule has 0 spiro atoms. The van der Waals surface area contributed by atoms with E-state index in [0.29, 0.717) is 30.0 Å². The molecule has 8 heteroatoms. The van der Waals surface area contributed by atoms with Crippen molar-refractivity contribution in [2.24, 2.45) is 17.8 Å². The van der Waals surface area contributed by atoms with Gasteiger partial charge in [-0.05, 0) is 54.3 Å². The highest BCUT2D eigenvalue weighted by Gasteiger charge is 2.55. The van der Waals surface area contributed by atoms with Gasteiger partial charge in [0.2, 0.25) is 11.2 Å². The zero-order valence-electron chi connectivity index (χ0n) is 15.0. The van der Waals surface area contributed by atoms with Crippen molar-refractivity contribution in [1.29, 1.82) is 0 Å². The molecule has 0 radical (unpaired) electrons. The molecule has 2 aromatic rings. The molecule has 0 aromatic carbocycles. The maximum atomic E-state index is 13.9. The molecule has 1 saturated carbocycles. The van der Waals surface area contributed by atoms with Crippen molar-refractivity contribution in [2.45, 2.75) is 26.2 Å². The zero-order valence-corrected chi connectivity index (χ0v) is 15.8. The number of aromatic nitrogens is 3. The van der Waals surface area contributed by atoms with Gasteiger partial charge in [0, 0.05) is 25.7 Å². The zero-order chi connectivity index (χ0) is 19.0. The van der Waals surface area contributed by atoms with Gasteiger partial charge in [-0.1, -0.05) is 6.92 Å². The molecule has 1 amide bonds. The average Bonchev–Trinajstić information content (AvgIpc) is 3.12. The monoisotopic (exact) mass is 389 g/mol. The minimum atomic E-state index is -0.429. The first kappa shape index (κ1) is 18.1. The normalized spacial score (nSPS) is 23.2. The smallest absolute Gasteiger partial charge is 0.224 e. The molecule has 0 bridgehead atoms. The molecule has 2 aliphatic rings. The Morgan fingerprint density at radius 3 is 2.89 bits per heavy atom. The van der Waals surface area contributed by atoms with Crippen LogP contribution in [0.1, 0.15) is 25.5 Å². The molecule has 142 valence electrons. The van der Waals surface area contributed by atoms with Crippen LogP contribution in [0.25, 0.3) is 0 Å². The molecule has 2 unspecified atom stereocenters. The Hall–Kier alpha value is -2.28. The minimum absolute atomic E-state index is 0.00581. The summed E-state index contributed by atoms with van der Waals surface area (Å²) in [6, 6.07) is 3.73. The van der Waals surface area contributed by atoms with Gasteiger partial charge in [0.1, 0.15) is 0 Å². The van der Waals surface area contributed by atoms with Crippen LogP contribution >= 0.6 is 11.6 Å². The lowest BCUT2D eigenvalue weighted by Gasteiger charge is -2.21. The Bertz CT molecular complexity index is 852. The van der Waals surface area contributed by atoms with E-state index in [1.165, 1.54) is 0 Å². The lowest BCUT2D eigenvalue weighted by atomic mass is 10.1. The third kappa shape index (κ3) is 3.74. The number of nitrogens with zero attached hydrogens (tertiary/aromatic N) is 4. The Morgan fingerprint density at radius 2 is 2.15 bits per heavy atom. The molecular weight excluding hydrogens is 369 g/mol. The van der Waals surface area contributed by atoms with E-state index in [4.69, 9.17) is 11.6 Å². The molecule has 4 rings (SSSR count). The van der Waals surface area contributed by atoms with Gasteiger partial charge >= 0.3 is 0 Å². The van der Waals surface area contributed by atoms with Gasteiger partial charge in [-0.2, -0.15) is 4.98 Å². The summed E-state index contributed by atoms with van der Waals surface area (Å²) in [5, 5.41) is 2.99. The predicted octanol–water partition coefficient (Wildman–Crippen LogP) is 3.33. The fourth-order valence-corrected chi connectivity index (χ4v) is 4.23. The number of aryl methyl sites for hydroxylation is 1. The summed E-state index contributed by atoms with van der Waals surface area (Å²) in [7, 11) is 0. The SMILES string of the molecule is CCC(=O)Nc1cccnc1CCC1C2CN(c3nc(Cl)ncc3F)CC12. The summed E-state index contributed by atoms with van der Waals surface area (Å²) in [4.78, 5) is 25.8. The van der Waals surface area contributed by atoms with Gasteiger partial charge in [0.15, 0.2) is 11.6 Å². The van der Waals surface area contributed by atoms with Gasteiger partial charge in [0.05, 0.1) is 17.6 Å². The van der Waals surface area contributed by atoms with Gasteiger partial charge in [0.25, 0.3) is 0 Å². The number of carbonyl (C=O) groups is 1. The van der Waals surface area contributed by atoms with Crippen LogP contribution in [0.2, 0.25) is 5.28 Å². The number of carbonyl (C=O) groups excluding carboxylic acids is 1. The Labute approximate surface area is 162 Å². The summed E-state index contributed by atoms with van der Waals surface area (Å²) in [6.07, 6.45) is 5.17. The average molecular weight is 390 g/mol. The van der Waals surface area contributed by atoms with Crippen LogP contribution < -0.4 is 10.2 Å². The predicted molar refractivity (Wildman–Crippen MR) is 101 cm³/mol. The van der Waals surface area contributed by atoms with Gasteiger partial charge in [-0.25, -0.2) is 9.37 Å². The van der Waals surface area contributed by atoms with Crippen LogP contribution in [0, 0.1) is 23.6 Å². The maximum Gasteiger partial charge on any atom is 0.224 e. The lowest BCUT2D eigenvalue weighted by Crippen LogP contribution is -2.26. The Kier molecular flexibility index (Phi) is 4.95. The number of hydrogen-bond donors (Lipinski definition) is 1. The van der Waals surface area contributed by atoms with Crippen molar-refractivity contribution in [3.8, 4) is 0 Å². The summed E-state index contributed by atoms with van der Waals surface area (Å²) in [6.45, 7) is 3.42. The molecule has 2 fully saturated rings. The highest BCUT2D eigenvalue weighted by atomic mass is 35.5. The first-order chi connectivity index (χ1) is 13.1.